The molecule has 2 N–H and O–H groups in total. The fraction of sp³-hybridized carbons (Fsp3) is 0.400. The predicted octanol–water partition coefficient (Wildman–Crippen LogP) is 0.797. The third-order valence-corrected chi connectivity index (χ3v) is 3.75. The first-order valence-electron chi connectivity index (χ1n) is 6.81. The van der Waals surface area contributed by atoms with Gasteiger partial charge in [-0.1, -0.05) is 30.3 Å². The van der Waals surface area contributed by atoms with Gasteiger partial charge in [-0.3, -0.25) is 14.4 Å². The van der Waals surface area contributed by atoms with Crippen molar-refractivity contribution in [3.8, 4) is 0 Å². The Morgan fingerprint density at radius 3 is 2.62 bits per heavy atom. The number of hydrogen-bond acceptors (Lipinski definition) is 3. The normalized spacial score (nSPS) is 22.0. The van der Waals surface area contributed by atoms with Gasteiger partial charge in [0, 0.05) is 13.5 Å². The first kappa shape index (κ1) is 15.0. The van der Waals surface area contributed by atoms with Gasteiger partial charge in [-0.05, 0) is 12.0 Å². The van der Waals surface area contributed by atoms with E-state index in [0.29, 0.717) is 12.8 Å². The number of likely N-dealkylation sites (tertiary alicyclic amines) is 1. The number of aliphatic carboxylic acids is 1. The second-order valence-electron chi connectivity index (χ2n) is 5.12. The Morgan fingerprint density at radius 2 is 2.00 bits per heavy atom. The molecule has 2 amide bonds. The molecule has 2 rings (SSSR count). The number of carbonyl (C=O) groups excluding carboxylic acids is 2. The molecule has 1 aliphatic rings. The van der Waals surface area contributed by atoms with Crippen molar-refractivity contribution in [3.05, 3.63) is 35.9 Å². The van der Waals surface area contributed by atoms with E-state index in [0.717, 1.165) is 5.56 Å². The maximum Gasteiger partial charge on any atom is 0.322 e. The molecule has 6 nitrogen and oxygen atoms in total. The van der Waals surface area contributed by atoms with Crippen LogP contribution < -0.4 is 5.32 Å². The van der Waals surface area contributed by atoms with E-state index in [4.69, 9.17) is 5.11 Å². The Labute approximate surface area is 122 Å². The predicted molar refractivity (Wildman–Crippen MR) is 75.3 cm³/mol. The maximum atomic E-state index is 12.2. The smallest absolute Gasteiger partial charge is 0.322 e. The second-order valence-corrected chi connectivity index (χ2v) is 5.12. The Kier molecular flexibility index (Phi) is 4.57. The highest BCUT2D eigenvalue weighted by Crippen LogP contribution is 2.35. The van der Waals surface area contributed by atoms with E-state index in [1.54, 1.807) is 11.9 Å². The summed E-state index contributed by atoms with van der Waals surface area (Å²) in [5.41, 5.74) is 0.878. The molecule has 1 fully saturated rings. The molecule has 2 atom stereocenters. The van der Waals surface area contributed by atoms with Gasteiger partial charge in [-0.2, -0.15) is 0 Å². The van der Waals surface area contributed by atoms with E-state index in [1.165, 1.54) is 0 Å². The highest BCUT2D eigenvalue weighted by atomic mass is 16.4. The average molecular weight is 290 g/mol. The Bertz CT molecular complexity index is 544. The molecule has 1 aromatic carbocycles. The molecule has 1 heterocycles. The van der Waals surface area contributed by atoms with Crippen LogP contribution in [-0.4, -0.2) is 41.4 Å². The second kappa shape index (κ2) is 6.39. The molecular formula is C15H18N2O4. The van der Waals surface area contributed by atoms with Gasteiger partial charge >= 0.3 is 5.97 Å². The van der Waals surface area contributed by atoms with Gasteiger partial charge in [0.15, 0.2) is 0 Å². The number of rotatable bonds is 4. The highest BCUT2D eigenvalue weighted by Gasteiger charge is 2.38. The van der Waals surface area contributed by atoms with Crippen molar-refractivity contribution in [2.75, 3.05) is 13.6 Å². The minimum absolute atomic E-state index is 0.00821. The zero-order valence-electron chi connectivity index (χ0n) is 11.8. The average Bonchev–Trinajstić information content (AvgIpc) is 2.48. The van der Waals surface area contributed by atoms with Gasteiger partial charge < -0.3 is 15.3 Å². The summed E-state index contributed by atoms with van der Waals surface area (Å²) in [6.07, 6.45) is 0.721. The van der Waals surface area contributed by atoms with Crippen molar-refractivity contribution < 1.29 is 19.5 Å². The summed E-state index contributed by atoms with van der Waals surface area (Å²) in [4.78, 5) is 36.3. The Morgan fingerprint density at radius 1 is 1.33 bits per heavy atom. The van der Waals surface area contributed by atoms with Crippen LogP contribution >= 0.6 is 0 Å². The van der Waals surface area contributed by atoms with Crippen LogP contribution in [0.3, 0.4) is 0 Å². The monoisotopic (exact) mass is 290 g/mol. The van der Waals surface area contributed by atoms with Crippen LogP contribution in [0.4, 0.5) is 0 Å². The van der Waals surface area contributed by atoms with Crippen molar-refractivity contribution in [2.45, 2.75) is 18.9 Å². The summed E-state index contributed by atoms with van der Waals surface area (Å²) in [6.45, 7) is -0.408. The summed E-state index contributed by atoms with van der Waals surface area (Å²) >= 11 is 0. The fourth-order valence-corrected chi connectivity index (χ4v) is 2.71. The van der Waals surface area contributed by atoms with Gasteiger partial charge in [0.25, 0.3) is 0 Å². The lowest BCUT2D eigenvalue weighted by atomic mass is 9.84. The zero-order valence-corrected chi connectivity index (χ0v) is 11.8. The number of amides is 2. The van der Waals surface area contributed by atoms with Crippen molar-refractivity contribution in [1.82, 2.24) is 10.2 Å². The first-order chi connectivity index (χ1) is 10.0. The molecule has 21 heavy (non-hydrogen) atoms. The molecule has 0 aromatic heterocycles. The zero-order chi connectivity index (χ0) is 15.4. The molecule has 0 radical (unpaired) electrons. The Hall–Kier alpha value is -2.37. The van der Waals surface area contributed by atoms with Crippen molar-refractivity contribution in [1.29, 1.82) is 0 Å². The van der Waals surface area contributed by atoms with Crippen LogP contribution in [0.5, 0.6) is 0 Å². The molecule has 1 saturated heterocycles. The van der Waals surface area contributed by atoms with Gasteiger partial charge in [0.2, 0.25) is 11.8 Å². The third-order valence-electron chi connectivity index (χ3n) is 3.75. The summed E-state index contributed by atoms with van der Waals surface area (Å²) < 4.78 is 0. The number of hydrogen-bond donors (Lipinski definition) is 2. The lowest BCUT2D eigenvalue weighted by Crippen LogP contribution is -2.47. The van der Waals surface area contributed by atoms with E-state index in [-0.39, 0.29) is 17.9 Å². The van der Waals surface area contributed by atoms with E-state index in [1.807, 2.05) is 30.3 Å². The maximum absolute atomic E-state index is 12.2. The van der Waals surface area contributed by atoms with E-state index >= 15 is 0 Å². The summed E-state index contributed by atoms with van der Waals surface area (Å²) in [7, 11) is 1.68. The van der Waals surface area contributed by atoms with Crippen LogP contribution in [0.25, 0.3) is 0 Å². The number of nitrogens with zero attached hydrogens (tertiary/aromatic N) is 1. The fourth-order valence-electron chi connectivity index (χ4n) is 2.71. The first-order valence-corrected chi connectivity index (χ1v) is 6.81. The van der Waals surface area contributed by atoms with Crippen LogP contribution in [-0.2, 0) is 14.4 Å². The molecule has 2 unspecified atom stereocenters. The lowest BCUT2D eigenvalue weighted by Gasteiger charge is -2.38. The lowest BCUT2D eigenvalue weighted by molar-refractivity contribution is -0.144. The number of carboxylic acid groups (broad SMARTS) is 1. The van der Waals surface area contributed by atoms with E-state index in [2.05, 4.69) is 5.32 Å². The number of carbonyl (C=O) groups is 3. The molecule has 1 aliphatic heterocycles. The van der Waals surface area contributed by atoms with Gasteiger partial charge in [-0.25, -0.2) is 0 Å². The highest BCUT2D eigenvalue weighted by molar-refractivity contribution is 5.86. The summed E-state index contributed by atoms with van der Waals surface area (Å²) in [5.74, 6) is -1.86. The molecule has 0 aliphatic carbocycles. The number of carboxylic acids is 1. The molecule has 0 saturated carbocycles. The molecule has 0 spiro atoms. The Balaban J connectivity index is 2.23. The molecule has 6 heteroatoms. The number of nitrogens with one attached hydrogen (secondary N) is 1. The molecular weight excluding hydrogens is 272 g/mol. The molecule has 0 bridgehead atoms. The third kappa shape index (κ3) is 3.39. The van der Waals surface area contributed by atoms with Crippen LogP contribution in [0.2, 0.25) is 0 Å². The summed E-state index contributed by atoms with van der Waals surface area (Å²) in [5, 5.41) is 11.1. The minimum atomic E-state index is -1.08. The molecule has 1 aromatic rings. The van der Waals surface area contributed by atoms with Crippen molar-refractivity contribution >= 4 is 17.8 Å². The largest absolute Gasteiger partial charge is 0.480 e. The van der Waals surface area contributed by atoms with Crippen molar-refractivity contribution in [2.24, 2.45) is 5.92 Å². The van der Waals surface area contributed by atoms with E-state index in [9.17, 15) is 14.4 Å². The van der Waals surface area contributed by atoms with Crippen LogP contribution in [0, 0.1) is 5.92 Å². The quantitative estimate of drug-likeness (QED) is 0.858. The SMILES string of the molecule is CN1C(=O)CCC(C(=O)NCC(=O)O)C1c1ccccc1. The minimum Gasteiger partial charge on any atom is -0.480 e. The number of benzene rings is 1. The topological polar surface area (TPSA) is 86.7 Å². The van der Waals surface area contributed by atoms with Gasteiger partial charge in [0.1, 0.15) is 6.54 Å². The van der Waals surface area contributed by atoms with Crippen LogP contribution in [0.15, 0.2) is 30.3 Å². The van der Waals surface area contributed by atoms with Crippen LogP contribution in [0.1, 0.15) is 24.4 Å². The number of piperidine rings is 1. The summed E-state index contributed by atoms with van der Waals surface area (Å²) in [6, 6.07) is 8.96. The molecule has 112 valence electrons. The van der Waals surface area contributed by atoms with Gasteiger partial charge in [-0.15, -0.1) is 0 Å². The van der Waals surface area contributed by atoms with E-state index < -0.39 is 18.4 Å². The van der Waals surface area contributed by atoms with Gasteiger partial charge in [0.05, 0.1) is 12.0 Å². The standard InChI is InChI=1S/C15H18N2O4/c1-17-12(18)8-7-11(15(21)16-9-13(19)20)14(17)10-5-3-2-4-6-10/h2-6,11,14H,7-9H2,1H3,(H,16,21)(H,19,20). The van der Waals surface area contributed by atoms with Crippen molar-refractivity contribution in [3.63, 3.8) is 0 Å².